The van der Waals surface area contributed by atoms with E-state index in [0.29, 0.717) is 28.2 Å². The molecule has 0 saturated heterocycles. The third-order valence-electron chi connectivity index (χ3n) is 3.14. The van der Waals surface area contributed by atoms with Crippen molar-refractivity contribution < 1.29 is 9.53 Å². The number of carbonyl (C=O) groups is 1. The molecule has 0 spiro atoms. The van der Waals surface area contributed by atoms with Crippen molar-refractivity contribution in [3.63, 3.8) is 0 Å². The summed E-state index contributed by atoms with van der Waals surface area (Å²) in [6.45, 7) is -0.0170. The van der Waals surface area contributed by atoms with Crippen molar-refractivity contribution in [2.75, 3.05) is 11.9 Å². The summed E-state index contributed by atoms with van der Waals surface area (Å²) in [4.78, 5) is 14.5. The molecule has 4 N–H and O–H groups in total. The van der Waals surface area contributed by atoms with Crippen LogP contribution in [0.25, 0.3) is 11.0 Å². The van der Waals surface area contributed by atoms with Crippen LogP contribution in [0.1, 0.15) is 10.5 Å². The van der Waals surface area contributed by atoms with Gasteiger partial charge in [0.25, 0.3) is 5.91 Å². The van der Waals surface area contributed by atoms with Gasteiger partial charge in [-0.25, -0.2) is 0 Å². The zero-order valence-corrected chi connectivity index (χ0v) is 11.9. The van der Waals surface area contributed by atoms with Gasteiger partial charge < -0.3 is 20.8 Å². The van der Waals surface area contributed by atoms with E-state index in [2.05, 4.69) is 20.5 Å². The van der Waals surface area contributed by atoms with Gasteiger partial charge in [-0.2, -0.15) is 5.26 Å². The molecular weight excluding hydrogens is 296 g/mol. The Morgan fingerprint density at radius 3 is 2.78 bits per heavy atom. The van der Waals surface area contributed by atoms with E-state index in [9.17, 15) is 4.79 Å². The van der Waals surface area contributed by atoms with E-state index >= 15 is 0 Å². The fourth-order valence-corrected chi connectivity index (χ4v) is 2.12. The molecule has 2 heterocycles. The minimum Gasteiger partial charge on any atom is -0.479 e. The maximum atomic E-state index is 11.6. The Hall–Kier alpha value is -3.60. The van der Waals surface area contributed by atoms with Crippen LogP contribution in [0.4, 0.5) is 11.4 Å². The number of hydrogen-bond donors (Lipinski definition) is 3. The molecule has 1 aromatic carbocycles. The molecule has 0 aliphatic carbocycles. The largest absolute Gasteiger partial charge is 0.479 e. The molecule has 0 aliphatic heterocycles. The fourth-order valence-electron chi connectivity index (χ4n) is 2.12. The summed E-state index contributed by atoms with van der Waals surface area (Å²) >= 11 is 0. The smallest absolute Gasteiger partial charge is 0.271 e. The predicted molar refractivity (Wildman–Crippen MR) is 83.2 cm³/mol. The van der Waals surface area contributed by atoms with E-state index in [1.54, 1.807) is 36.5 Å². The molecule has 0 atom stereocenters. The van der Waals surface area contributed by atoms with Gasteiger partial charge in [-0.1, -0.05) is 0 Å². The normalized spacial score (nSPS) is 10.2. The van der Waals surface area contributed by atoms with Crippen LogP contribution in [0, 0.1) is 11.3 Å². The lowest BCUT2D eigenvalue weighted by Gasteiger charge is -2.11. The minimum absolute atomic E-state index is 0.0170. The van der Waals surface area contributed by atoms with Crippen LogP contribution in [0.2, 0.25) is 0 Å². The molecule has 8 heteroatoms. The number of rotatable bonds is 5. The standard InChI is InChI=1S/C15H12N6O2/c16-6-8-23-10-3-1-9(2-4-10)19-12-11-5-7-18-15(11)21-20-13(12)14(17)22/h1-5,7H,8H2,(H2,17,22)(H2,18,19,21). The Morgan fingerprint density at radius 2 is 2.09 bits per heavy atom. The number of nitriles is 1. The number of carbonyl (C=O) groups excluding carboxylic acids is 1. The number of anilines is 2. The number of aromatic amines is 1. The Balaban J connectivity index is 1.94. The second-order valence-electron chi connectivity index (χ2n) is 4.62. The monoisotopic (exact) mass is 308 g/mol. The number of H-pyrrole nitrogens is 1. The Morgan fingerprint density at radius 1 is 1.30 bits per heavy atom. The molecule has 23 heavy (non-hydrogen) atoms. The third kappa shape index (κ3) is 2.89. The average Bonchev–Trinajstić information content (AvgIpc) is 3.03. The van der Waals surface area contributed by atoms with Gasteiger partial charge in [0, 0.05) is 17.3 Å². The topological polar surface area (TPSA) is 130 Å². The second-order valence-corrected chi connectivity index (χ2v) is 4.62. The van der Waals surface area contributed by atoms with Gasteiger partial charge >= 0.3 is 0 Å². The molecule has 0 unspecified atom stereocenters. The van der Waals surface area contributed by atoms with Gasteiger partial charge in [-0.15, -0.1) is 10.2 Å². The van der Waals surface area contributed by atoms with E-state index < -0.39 is 5.91 Å². The quantitative estimate of drug-likeness (QED) is 0.657. The van der Waals surface area contributed by atoms with Gasteiger partial charge in [0.15, 0.2) is 17.9 Å². The second kappa shape index (κ2) is 6.03. The van der Waals surface area contributed by atoms with Gasteiger partial charge in [-0.3, -0.25) is 4.79 Å². The Labute approximate surface area is 130 Å². The predicted octanol–water partition coefficient (Wildman–Crippen LogP) is 1.70. The average molecular weight is 308 g/mol. The first kappa shape index (κ1) is 14.3. The number of ether oxygens (including phenoxy) is 1. The number of aromatic nitrogens is 3. The molecule has 0 aliphatic rings. The molecule has 1 amide bonds. The lowest BCUT2D eigenvalue weighted by molar-refractivity contribution is 0.0995. The highest BCUT2D eigenvalue weighted by atomic mass is 16.5. The van der Waals surface area contributed by atoms with Crippen molar-refractivity contribution in [3.05, 3.63) is 42.2 Å². The summed E-state index contributed by atoms with van der Waals surface area (Å²) in [7, 11) is 0. The van der Waals surface area contributed by atoms with Crippen LogP contribution in [-0.2, 0) is 0 Å². The molecule has 0 saturated carbocycles. The summed E-state index contributed by atoms with van der Waals surface area (Å²) in [6.07, 6.45) is 1.70. The molecule has 3 rings (SSSR count). The molecule has 0 radical (unpaired) electrons. The van der Waals surface area contributed by atoms with Crippen LogP contribution in [0.15, 0.2) is 36.5 Å². The number of hydrogen-bond acceptors (Lipinski definition) is 6. The third-order valence-corrected chi connectivity index (χ3v) is 3.14. The number of nitrogens with one attached hydrogen (secondary N) is 2. The van der Waals surface area contributed by atoms with Gasteiger partial charge in [-0.05, 0) is 30.3 Å². The maximum Gasteiger partial charge on any atom is 0.271 e. The Kier molecular flexibility index (Phi) is 3.76. The van der Waals surface area contributed by atoms with Crippen LogP contribution in [0.3, 0.4) is 0 Å². The summed E-state index contributed by atoms with van der Waals surface area (Å²) in [5, 5.41) is 20.1. The number of benzene rings is 1. The molecular formula is C15H12N6O2. The van der Waals surface area contributed by atoms with E-state index in [4.69, 9.17) is 15.7 Å². The fraction of sp³-hybridized carbons (Fsp3) is 0.0667. The van der Waals surface area contributed by atoms with Gasteiger partial charge in [0.2, 0.25) is 0 Å². The molecule has 2 aromatic heterocycles. The van der Waals surface area contributed by atoms with E-state index in [0.717, 1.165) is 0 Å². The zero-order valence-electron chi connectivity index (χ0n) is 11.9. The number of nitrogens with two attached hydrogens (primary N) is 1. The van der Waals surface area contributed by atoms with Gasteiger partial charge in [0.05, 0.1) is 5.69 Å². The number of nitrogens with zero attached hydrogens (tertiary/aromatic N) is 3. The van der Waals surface area contributed by atoms with E-state index in [1.807, 2.05) is 6.07 Å². The lowest BCUT2D eigenvalue weighted by atomic mass is 10.2. The molecule has 3 aromatic rings. The highest BCUT2D eigenvalue weighted by Crippen LogP contribution is 2.28. The first-order valence-electron chi connectivity index (χ1n) is 6.69. The van der Waals surface area contributed by atoms with Crippen LogP contribution in [0.5, 0.6) is 5.75 Å². The zero-order chi connectivity index (χ0) is 16.2. The van der Waals surface area contributed by atoms with Gasteiger partial charge in [0.1, 0.15) is 11.8 Å². The number of amides is 1. The highest BCUT2D eigenvalue weighted by molar-refractivity contribution is 6.05. The summed E-state index contributed by atoms with van der Waals surface area (Å²) in [5.74, 6) is -0.0936. The van der Waals surface area contributed by atoms with Crippen molar-refractivity contribution in [3.8, 4) is 11.8 Å². The van der Waals surface area contributed by atoms with E-state index in [1.165, 1.54) is 0 Å². The highest BCUT2D eigenvalue weighted by Gasteiger charge is 2.16. The lowest BCUT2D eigenvalue weighted by Crippen LogP contribution is -2.16. The summed E-state index contributed by atoms with van der Waals surface area (Å²) < 4.78 is 5.19. The van der Waals surface area contributed by atoms with Crippen LogP contribution in [-0.4, -0.2) is 27.7 Å². The molecule has 8 nitrogen and oxygen atoms in total. The van der Waals surface area contributed by atoms with Crippen molar-refractivity contribution in [2.45, 2.75) is 0 Å². The number of fused-ring (bicyclic) bond motifs is 1. The maximum absolute atomic E-state index is 11.6. The first-order valence-corrected chi connectivity index (χ1v) is 6.69. The van der Waals surface area contributed by atoms with Crippen LogP contribution >= 0.6 is 0 Å². The summed E-state index contributed by atoms with van der Waals surface area (Å²) in [6, 6.07) is 10.6. The summed E-state index contributed by atoms with van der Waals surface area (Å²) in [5.41, 5.74) is 7.17. The van der Waals surface area contributed by atoms with Crippen molar-refractivity contribution in [1.29, 1.82) is 5.26 Å². The Bertz CT molecular complexity index is 894. The van der Waals surface area contributed by atoms with Crippen LogP contribution < -0.4 is 15.8 Å². The SMILES string of the molecule is N#CCOc1ccc(Nc2c(C(N)=O)nnc3[nH]ccc23)cc1. The molecule has 0 fully saturated rings. The van der Waals surface area contributed by atoms with Crippen molar-refractivity contribution >= 4 is 28.3 Å². The van der Waals surface area contributed by atoms with Crippen molar-refractivity contribution in [2.24, 2.45) is 5.73 Å². The van der Waals surface area contributed by atoms with E-state index in [-0.39, 0.29) is 12.3 Å². The minimum atomic E-state index is -0.669. The molecule has 114 valence electrons. The first-order chi connectivity index (χ1) is 11.2. The van der Waals surface area contributed by atoms with Crippen molar-refractivity contribution in [1.82, 2.24) is 15.2 Å². The molecule has 0 bridgehead atoms. The number of primary amides is 1.